The van der Waals surface area contributed by atoms with E-state index in [9.17, 15) is 9.90 Å². The number of carbonyl (C=O) groups excluding carboxylic acids is 1. The zero-order chi connectivity index (χ0) is 16.2. The third-order valence-electron chi connectivity index (χ3n) is 5.01. The lowest BCUT2D eigenvalue weighted by Crippen LogP contribution is -2.51. The van der Waals surface area contributed by atoms with E-state index in [1.165, 1.54) is 5.56 Å². The molecule has 0 bridgehead atoms. The highest BCUT2D eigenvalue weighted by Crippen LogP contribution is 2.20. The number of carbonyl (C=O) groups is 1. The molecule has 2 saturated heterocycles. The Hall–Kier alpha value is -0.850. The Balaban J connectivity index is 0.00000156. The van der Waals surface area contributed by atoms with Crippen molar-refractivity contribution in [3.63, 3.8) is 0 Å². The molecule has 2 heterocycles. The largest absolute Gasteiger partial charge is 0.392 e. The number of aliphatic hydroxyl groups excluding tert-OH is 1. The minimum absolute atomic E-state index is 0. The monoisotopic (exact) mass is 389 g/mol. The maximum absolute atomic E-state index is 12.2. The lowest BCUT2D eigenvalue weighted by atomic mass is 9.97. The number of likely N-dealkylation sites (tertiary alicyclic amines) is 1. The fourth-order valence-electron chi connectivity index (χ4n) is 3.62. The summed E-state index contributed by atoms with van der Waals surface area (Å²) in [5.74, 6) is 0.0373. The van der Waals surface area contributed by atoms with Crippen LogP contribution in [0.25, 0.3) is 0 Å². The zero-order valence-corrected chi connectivity index (χ0v) is 16.2. The highest BCUT2D eigenvalue weighted by atomic mass is 35.5. The Bertz CT molecular complexity index is 532. The summed E-state index contributed by atoms with van der Waals surface area (Å²) in [4.78, 5) is 14.7. The number of halogens is 2. The van der Waals surface area contributed by atoms with Gasteiger partial charge in [0.15, 0.2) is 0 Å². The molecule has 7 heteroatoms. The van der Waals surface area contributed by atoms with E-state index in [0.717, 1.165) is 25.9 Å². The maximum Gasteiger partial charge on any atom is 0.237 e. The average molecular weight is 390 g/mol. The van der Waals surface area contributed by atoms with Gasteiger partial charge in [-0.3, -0.25) is 9.69 Å². The number of hydrogen-bond acceptors (Lipinski definition) is 4. The van der Waals surface area contributed by atoms with Crippen molar-refractivity contribution in [2.75, 3.05) is 13.1 Å². The van der Waals surface area contributed by atoms with Crippen molar-refractivity contribution in [3.8, 4) is 0 Å². The second kappa shape index (κ2) is 10.3. The zero-order valence-electron chi connectivity index (χ0n) is 14.6. The summed E-state index contributed by atoms with van der Waals surface area (Å²) in [5.41, 5.74) is 1.34. The summed E-state index contributed by atoms with van der Waals surface area (Å²) >= 11 is 0. The van der Waals surface area contributed by atoms with Gasteiger partial charge in [0.25, 0.3) is 0 Å². The molecule has 2 fully saturated rings. The van der Waals surface area contributed by atoms with E-state index in [2.05, 4.69) is 46.7 Å². The maximum atomic E-state index is 12.2. The Morgan fingerprint density at radius 2 is 2.00 bits per heavy atom. The fourth-order valence-corrected chi connectivity index (χ4v) is 3.62. The van der Waals surface area contributed by atoms with Crippen molar-refractivity contribution >= 4 is 30.7 Å². The van der Waals surface area contributed by atoms with Crippen LogP contribution in [0.3, 0.4) is 0 Å². The van der Waals surface area contributed by atoms with Crippen LogP contribution in [-0.2, 0) is 11.3 Å². The molecule has 5 nitrogen and oxygen atoms in total. The molecule has 0 spiro atoms. The molecule has 0 radical (unpaired) electrons. The average Bonchev–Trinajstić information content (AvgIpc) is 2.98. The van der Waals surface area contributed by atoms with Gasteiger partial charge in [0.05, 0.1) is 12.1 Å². The molecule has 0 aliphatic carbocycles. The van der Waals surface area contributed by atoms with Crippen LogP contribution < -0.4 is 10.6 Å². The van der Waals surface area contributed by atoms with Crippen LogP contribution >= 0.6 is 24.8 Å². The molecule has 1 aromatic carbocycles. The number of piperidine rings is 1. The van der Waals surface area contributed by atoms with Crippen molar-refractivity contribution in [3.05, 3.63) is 35.9 Å². The number of aliphatic hydroxyl groups is 1. The van der Waals surface area contributed by atoms with Crippen molar-refractivity contribution < 1.29 is 9.90 Å². The van der Waals surface area contributed by atoms with Gasteiger partial charge in [-0.2, -0.15) is 0 Å². The highest BCUT2D eigenvalue weighted by Gasteiger charge is 2.31. The Kier molecular flexibility index (Phi) is 9.17. The number of amides is 1. The first kappa shape index (κ1) is 22.2. The molecular formula is C18H29Cl2N3O2. The van der Waals surface area contributed by atoms with Crippen molar-refractivity contribution in [1.82, 2.24) is 15.5 Å². The summed E-state index contributed by atoms with van der Waals surface area (Å²) < 4.78 is 0. The summed E-state index contributed by atoms with van der Waals surface area (Å²) in [6, 6.07) is 11.0. The fraction of sp³-hybridized carbons (Fsp3) is 0.611. The van der Waals surface area contributed by atoms with E-state index < -0.39 is 6.10 Å². The van der Waals surface area contributed by atoms with Crippen molar-refractivity contribution in [2.45, 2.75) is 57.0 Å². The van der Waals surface area contributed by atoms with E-state index in [-0.39, 0.29) is 42.8 Å². The molecular weight excluding hydrogens is 361 g/mol. The number of β-amino-alcohol motifs (C(OH)–C–C–N with tert-alkyl or cyclic N) is 1. The van der Waals surface area contributed by atoms with Crippen molar-refractivity contribution in [2.24, 2.45) is 0 Å². The highest BCUT2D eigenvalue weighted by molar-refractivity contribution is 5.85. The predicted octanol–water partition coefficient (Wildman–Crippen LogP) is 1.72. The van der Waals surface area contributed by atoms with Gasteiger partial charge in [-0.05, 0) is 31.7 Å². The summed E-state index contributed by atoms with van der Waals surface area (Å²) in [7, 11) is 0. The van der Waals surface area contributed by atoms with Crippen molar-refractivity contribution in [1.29, 1.82) is 0 Å². The molecule has 1 aromatic rings. The van der Waals surface area contributed by atoms with Crippen LogP contribution in [0.1, 0.15) is 31.7 Å². The molecule has 0 saturated carbocycles. The molecule has 4 unspecified atom stereocenters. The van der Waals surface area contributed by atoms with Gasteiger partial charge < -0.3 is 15.7 Å². The summed E-state index contributed by atoms with van der Waals surface area (Å²) in [5, 5.41) is 15.8. The topological polar surface area (TPSA) is 64.6 Å². The molecule has 0 aromatic heterocycles. The normalized spacial score (nSPS) is 29.4. The number of nitrogens with zero attached hydrogens (tertiary/aromatic N) is 1. The number of hydrogen-bond donors (Lipinski definition) is 3. The molecule has 2 aliphatic rings. The number of nitrogens with one attached hydrogen (secondary N) is 2. The first-order valence-electron chi connectivity index (χ1n) is 8.61. The van der Waals surface area contributed by atoms with E-state index in [4.69, 9.17) is 0 Å². The van der Waals surface area contributed by atoms with E-state index in [0.29, 0.717) is 19.0 Å². The lowest BCUT2D eigenvalue weighted by Gasteiger charge is -2.38. The molecule has 142 valence electrons. The Morgan fingerprint density at radius 1 is 1.28 bits per heavy atom. The van der Waals surface area contributed by atoms with Gasteiger partial charge in [-0.15, -0.1) is 24.8 Å². The Labute approximate surface area is 162 Å². The minimum atomic E-state index is -0.391. The smallest absolute Gasteiger partial charge is 0.237 e. The van der Waals surface area contributed by atoms with Gasteiger partial charge in [-0.25, -0.2) is 0 Å². The SMILES string of the molecule is CC1CC(NC(=O)C2CC(O)CN2)CCN1Cc1ccccc1.Cl.Cl. The van der Waals surface area contributed by atoms with Gasteiger partial charge in [0, 0.05) is 31.7 Å². The van der Waals surface area contributed by atoms with E-state index >= 15 is 0 Å². The van der Waals surface area contributed by atoms with Crippen LogP contribution in [0.2, 0.25) is 0 Å². The van der Waals surface area contributed by atoms with Gasteiger partial charge >= 0.3 is 0 Å². The molecule has 25 heavy (non-hydrogen) atoms. The van der Waals surface area contributed by atoms with Crippen LogP contribution in [0, 0.1) is 0 Å². The standard InChI is InChI=1S/C18H27N3O2.2ClH/c1-13-9-15(20-18(23)17-10-16(22)11-19-17)7-8-21(13)12-14-5-3-2-4-6-14;;/h2-6,13,15-17,19,22H,7-12H2,1H3,(H,20,23);2*1H. The Morgan fingerprint density at radius 3 is 2.60 bits per heavy atom. The molecule has 3 N–H and O–H groups in total. The van der Waals surface area contributed by atoms with Gasteiger partial charge in [0.2, 0.25) is 5.91 Å². The van der Waals surface area contributed by atoms with Crippen LogP contribution in [-0.4, -0.2) is 53.2 Å². The molecule has 2 aliphatic heterocycles. The molecule has 3 rings (SSSR count). The van der Waals surface area contributed by atoms with Gasteiger partial charge in [-0.1, -0.05) is 30.3 Å². The van der Waals surface area contributed by atoms with Crippen LogP contribution in [0.15, 0.2) is 30.3 Å². The van der Waals surface area contributed by atoms with E-state index in [1.54, 1.807) is 0 Å². The third-order valence-corrected chi connectivity index (χ3v) is 5.01. The summed E-state index contributed by atoms with van der Waals surface area (Å²) in [6.45, 7) is 4.73. The number of rotatable bonds is 4. The first-order chi connectivity index (χ1) is 11.1. The lowest BCUT2D eigenvalue weighted by molar-refractivity contribution is -0.124. The number of benzene rings is 1. The van der Waals surface area contributed by atoms with Crippen LogP contribution in [0.5, 0.6) is 0 Å². The molecule has 4 atom stereocenters. The molecule has 1 amide bonds. The van der Waals surface area contributed by atoms with E-state index in [1.807, 2.05) is 6.07 Å². The second-order valence-corrected chi connectivity index (χ2v) is 6.89. The predicted molar refractivity (Wildman–Crippen MR) is 104 cm³/mol. The minimum Gasteiger partial charge on any atom is -0.392 e. The quantitative estimate of drug-likeness (QED) is 0.733. The second-order valence-electron chi connectivity index (χ2n) is 6.89. The van der Waals surface area contributed by atoms with Crippen LogP contribution in [0.4, 0.5) is 0 Å². The first-order valence-corrected chi connectivity index (χ1v) is 8.61. The summed E-state index contributed by atoms with van der Waals surface area (Å²) in [6.07, 6.45) is 2.10. The van der Waals surface area contributed by atoms with Gasteiger partial charge in [0.1, 0.15) is 0 Å². The third kappa shape index (κ3) is 6.12.